The zero-order valence-corrected chi connectivity index (χ0v) is 14.4. The van der Waals surface area contributed by atoms with Crippen molar-refractivity contribution in [3.8, 4) is 0 Å². The molecule has 1 rings (SSSR count). The highest BCUT2D eigenvalue weighted by molar-refractivity contribution is 5.85. The van der Waals surface area contributed by atoms with E-state index in [4.69, 9.17) is 0 Å². The monoisotopic (exact) mass is 345 g/mol. The number of benzene rings is 1. The number of likely N-dealkylation sites (N-methyl/N-ethyl adjacent to an activating group) is 1. The molecule has 0 bridgehead atoms. The van der Waals surface area contributed by atoms with Crippen LogP contribution in [-0.2, 0) is 16.1 Å². The third-order valence-corrected chi connectivity index (χ3v) is 3.29. The summed E-state index contributed by atoms with van der Waals surface area (Å²) in [6.07, 6.45) is 1.18. The van der Waals surface area contributed by atoms with Gasteiger partial charge in [0, 0.05) is 19.5 Å². The standard InChI is InChI=1S/C16H24FN3O2.ClH/c1-3-20(16(22)5-4-10-18-2)12-15(21)19-11-13-6-8-14(17)9-7-13;/h6-9,18H,3-5,10-12H2,1-2H3,(H,19,21);1H. The van der Waals surface area contributed by atoms with Crippen molar-refractivity contribution in [2.75, 3.05) is 26.7 Å². The van der Waals surface area contributed by atoms with E-state index < -0.39 is 0 Å². The van der Waals surface area contributed by atoms with Gasteiger partial charge in [0.05, 0.1) is 6.54 Å². The molecule has 0 fully saturated rings. The molecule has 130 valence electrons. The normalized spacial score (nSPS) is 9.87. The Hall–Kier alpha value is -1.66. The van der Waals surface area contributed by atoms with Gasteiger partial charge in [-0.3, -0.25) is 9.59 Å². The quantitative estimate of drug-likeness (QED) is 0.670. The van der Waals surface area contributed by atoms with Crippen molar-refractivity contribution in [2.24, 2.45) is 0 Å². The molecule has 0 aliphatic rings. The number of carbonyl (C=O) groups is 2. The van der Waals surface area contributed by atoms with Gasteiger partial charge in [0.1, 0.15) is 5.82 Å². The fraction of sp³-hybridized carbons (Fsp3) is 0.500. The molecule has 0 aliphatic heterocycles. The lowest BCUT2D eigenvalue weighted by atomic mass is 10.2. The molecule has 2 N–H and O–H groups in total. The van der Waals surface area contributed by atoms with E-state index in [1.807, 2.05) is 14.0 Å². The van der Waals surface area contributed by atoms with Gasteiger partial charge in [-0.1, -0.05) is 12.1 Å². The van der Waals surface area contributed by atoms with E-state index in [2.05, 4.69) is 10.6 Å². The Bertz CT molecular complexity index is 483. The van der Waals surface area contributed by atoms with Crippen LogP contribution in [0.15, 0.2) is 24.3 Å². The van der Waals surface area contributed by atoms with E-state index in [1.54, 1.807) is 12.1 Å². The van der Waals surface area contributed by atoms with Crippen molar-refractivity contribution >= 4 is 24.2 Å². The van der Waals surface area contributed by atoms with E-state index in [0.29, 0.717) is 19.5 Å². The number of amides is 2. The fourth-order valence-corrected chi connectivity index (χ4v) is 1.98. The predicted molar refractivity (Wildman–Crippen MR) is 90.9 cm³/mol. The molecule has 0 radical (unpaired) electrons. The highest BCUT2D eigenvalue weighted by Crippen LogP contribution is 2.02. The van der Waals surface area contributed by atoms with Gasteiger partial charge in [-0.05, 0) is 44.6 Å². The van der Waals surface area contributed by atoms with Crippen LogP contribution in [0.5, 0.6) is 0 Å². The van der Waals surface area contributed by atoms with E-state index in [9.17, 15) is 14.0 Å². The van der Waals surface area contributed by atoms with Crippen LogP contribution in [0.3, 0.4) is 0 Å². The Morgan fingerprint density at radius 3 is 2.43 bits per heavy atom. The number of hydrogen-bond donors (Lipinski definition) is 2. The molecule has 23 heavy (non-hydrogen) atoms. The van der Waals surface area contributed by atoms with E-state index in [0.717, 1.165) is 18.5 Å². The SMILES string of the molecule is CCN(CC(=O)NCc1ccc(F)cc1)C(=O)CCCNC.Cl. The lowest BCUT2D eigenvalue weighted by Gasteiger charge is -2.20. The van der Waals surface area contributed by atoms with E-state index in [-0.39, 0.29) is 36.6 Å². The van der Waals surface area contributed by atoms with Gasteiger partial charge in [0.15, 0.2) is 0 Å². The maximum Gasteiger partial charge on any atom is 0.239 e. The zero-order chi connectivity index (χ0) is 16.4. The number of nitrogens with one attached hydrogen (secondary N) is 2. The predicted octanol–water partition coefficient (Wildman–Crippen LogP) is 1.71. The molecule has 0 saturated carbocycles. The fourth-order valence-electron chi connectivity index (χ4n) is 1.98. The summed E-state index contributed by atoms with van der Waals surface area (Å²) in [5.41, 5.74) is 0.818. The van der Waals surface area contributed by atoms with Gasteiger partial charge in [-0.25, -0.2) is 4.39 Å². The lowest BCUT2D eigenvalue weighted by molar-refractivity contribution is -0.136. The van der Waals surface area contributed by atoms with Crippen LogP contribution in [0.2, 0.25) is 0 Å². The smallest absolute Gasteiger partial charge is 0.239 e. The largest absolute Gasteiger partial charge is 0.350 e. The summed E-state index contributed by atoms with van der Waals surface area (Å²) >= 11 is 0. The Morgan fingerprint density at radius 2 is 1.87 bits per heavy atom. The van der Waals surface area contributed by atoms with Gasteiger partial charge in [-0.15, -0.1) is 12.4 Å². The number of hydrogen-bond acceptors (Lipinski definition) is 3. The summed E-state index contributed by atoms with van der Waals surface area (Å²) < 4.78 is 12.8. The average Bonchev–Trinajstić information content (AvgIpc) is 2.52. The van der Waals surface area contributed by atoms with Gasteiger partial charge < -0.3 is 15.5 Å². The molecule has 5 nitrogen and oxygen atoms in total. The minimum atomic E-state index is -0.306. The first-order chi connectivity index (χ1) is 10.6. The molecule has 0 aromatic heterocycles. The summed E-state index contributed by atoms with van der Waals surface area (Å²) in [6.45, 7) is 3.51. The van der Waals surface area contributed by atoms with Crippen molar-refractivity contribution in [3.05, 3.63) is 35.6 Å². The molecule has 0 atom stereocenters. The minimum absolute atomic E-state index is 0. The van der Waals surface area contributed by atoms with Crippen LogP contribution in [-0.4, -0.2) is 43.4 Å². The maximum absolute atomic E-state index is 12.8. The Labute approximate surface area is 143 Å². The summed E-state index contributed by atoms with van der Waals surface area (Å²) in [5, 5.41) is 5.72. The van der Waals surface area contributed by atoms with Crippen molar-refractivity contribution in [2.45, 2.75) is 26.3 Å². The van der Waals surface area contributed by atoms with Crippen LogP contribution < -0.4 is 10.6 Å². The summed E-state index contributed by atoms with van der Waals surface area (Å²) in [5.74, 6) is -0.540. The Kier molecular flexibility index (Phi) is 11.0. The van der Waals surface area contributed by atoms with Crippen molar-refractivity contribution in [1.82, 2.24) is 15.5 Å². The molecule has 0 saturated heterocycles. The highest BCUT2D eigenvalue weighted by Gasteiger charge is 2.14. The molecule has 7 heteroatoms. The van der Waals surface area contributed by atoms with Gasteiger partial charge >= 0.3 is 0 Å². The Balaban J connectivity index is 0.00000484. The molecule has 0 unspecified atom stereocenters. The van der Waals surface area contributed by atoms with Gasteiger partial charge in [-0.2, -0.15) is 0 Å². The van der Waals surface area contributed by atoms with E-state index in [1.165, 1.54) is 17.0 Å². The summed E-state index contributed by atoms with van der Waals surface area (Å²) in [7, 11) is 1.84. The number of carbonyl (C=O) groups excluding carboxylic acids is 2. The van der Waals surface area contributed by atoms with Gasteiger partial charge in [0.2, 0.25) is 11.8 Å². The number of halogens is 2. The molecular weight excluding hydrogens is 321 g/mol. The molecule has 2 amide bonds. The first kappa shape index (κ1) is 21.3. The molecular formula is C16H25ClFN3O2. The van der Waals surface area contributed by atoms with Crippen molar-refractivity contribution in [1.29, 1.82) is 0 Å². The molecule has 0 aliphatic carbocycles. The topological polar surface area (TPSA) is 61.4 Å². The first-order valence-electron chi connectivity index (χ1n) is 7.50. The Morgan fingerprint density at radius 1 is 1.22 bits per heavy atom. The second kappa shape index (κ2) is 11.8. The van der Waals surface area contributed by atoms with Crippen molar-refractivity contribution in [3.63, 3.8) is 0 Å². The summed E-state index contributed by atoms with van der Waals surface area (Å²) in [4.78, 5) is 25.4. The highest BCUT2D eigenvalue weighted by atomic mass is 35.5. The summed E-state index contributed by atoms with van der Waals surface area (Å²) in [6, 6.07) is 5.95. The molecule has 0 spiro atoms. The zero-order valence-electron chi connectivity index (χ0n) is 13.6. The molecule has 1 aromatic rings. The second-order valence-electron chi connectivity index (χ2n) is 5.02. The lowest BCUT2D eigenvalue weighted by Crippen LogP contribution is -2.40. The average molecular weight is 346 g/mol. The second-order valence-corrected chi connectivity index (χ2v) is 5.02. The number of rotatable bonds is 9. The van der Waals surface area contributed by atoms with Crippen LogP contribution >= 0.6 is 12.4 Å². The molecule has 0 heterocycles. The van der Waals surface area contributed by atoms with Crippen molar-refractivity contribution < 1.29 is 14.0 Å². The van der Waals surface area contributed by atoms with E-state index >= 15 is 0 Å². The minimum Gasteiger partial charge on any atom is -0.350 e. The van der Waals surface area contributed by atoms with Crippen LogP contribution in [0, 0.1) is 5.82 Å². The first-order valence-corrected chi connectivity index (χ1v) is 7.50. The maximum atomic E-state index is 12.8. The molecule has 1 aromatic carbocycles. The van der Waals surface area contributed by atoms with Crippen LogP contribution in [0.4, 0.5) is 4.39 Å². The van der Waals surface area contributed by atoms with Gasteiger partial charge in [0.25, 0.3) is 0 Å². The number of nitrogens with zero attached hydrogens (tertiary/aromatic N) is 1. The van der Waals surface area contributed by atoms with Crippen LogP contribution in [0.1, 0.15) is 25.3 Å². The van der Waals surface area contributed by atoms with Crippen LogP contribution in [0.25, 0.3) is 0 Å². The third-order valence-electron chi connectivity index (χ3n) is 3.29. The third kappa shape index (κ3) is 8.52.